The van der Waals surface area contributed by atoms with Gasteiger partial charge in [-0.1, -0.05) is 25.3 Å². The number of nitro groups is 1. The van der Waals surface area contributed by atoms with E-state index in [2.05, 4.69) is 5.32 Å². The molecule has 2 rings (SSSR count). The second kappa shape index (κ2) is 5.57. The van der Waals surface area contributed by atoms with Crippen LogP contribution < -0.4 is 5.32 Å². The lowest BCUT2D eigenvalue weighted by Crippen LogP contribution is -2.38. The summed E-state index contributed by atoms with van der Waals surface area (Å²) in [7, 11) is 0. The van der Waals surface area contributed by atoms with Crippen molar-refractivity contribution in [2.24, 2.45) is 0 Å². The maximum absolute atomic E-state index is 10.8. The molecule has 2 N–H and O–H groups in total. The predicted octanol–water partition coefficient (Wildman–Crippen LogP) is 3.01. The summed E-state index contributed by atoms with van der Waals surface area (Å²) in [5, 5.41) is 24.3. The number of non-ortho nitro benzene ring substituents is 1. The Balaban J connectivity index is 2.06. The number of aliphatic hydroxyl groups is 1. The lowest BCUT2D eigenvalue weighted by Gasteiger charge is -2.32. The van der Waals surface area contributed by atoms with Gasteiger partial charge in [0.1, 0.15) is 0 Å². The summed E-state index contributed by atoms with van der Waals surface area (Å²) in [6.45, 7) is 2.35. The van der Waals surface area contributed by atoms with Gasteiger partial charge in [-0.3, -0.25) is 10.1 Å². The summed E-state index contributed by atoms with van der Waals surface area (Å²) in [6, 6.07) is 4.75. The van der Waals surface area contributed by atoms with E-state index in [-0.39, 0.29) is 5.69 Å². The van der Waals surface area contributed by atoms with Gasteiger partial charge in [-0.25, -0.2) is 0 Å². The summed E-state index contributed by atoms with van der Waals surface area (Å²) in [4.78, 5) is 10.4. The first-order valence-corrected chi connectivity index (χ1v) is 6.71. The minimum Gasteiger partial charge on any atom is -0.388 e. The van der Waals surface area contributed by atoms with E-state index in [1.165, 1.54) is 18.6 Å². The second-order valence-corrected chi connectivity index (χ2v) is 5.39. The fourth-order valence-corrected chi connectivity index (χ4v) is 2.56. The van der Waals surface area contributed by atoms with Crippen LogP contribution in [-0.2, 0) is 0 Å². The molecule has 1 fully saturated rings. The summed E-state index contributed by atoms with van der Waals surface area (Å²) in [5.74, 6) is 0. The Kier molecular flexibility index (Phi) is 4.04. The Bertz CT molecular complexity index is 468. The van der Waals surface area contributed by atoms with Crippen LogP contribution in [0.3, 0.4) is 0 Å². The number of nitro benzene ring substituents is 1. The largest absolute Gasteiger partial charge is 0.388 e. The summed E-state index contributed by atoms with van der Waals surface area (Å²) in [5.41, 5.74) is 1.08. The fraction of sp³-hybridized carbons (Fsp3) is 0.571. The first-order chi connectivity index (χ1) is 9.00. The number of hydrogen-bond donors (Lipinski definition) is 2. The molecule has 0 amide bonds. The molecule has 0 spiro atoms. The van der Waals surface area contributed by atoms with E-state index < -0.39 is 10.5 Å². The number of nitrogens with one attached hydrogen (secondary N) is 1. The van der Waals surface area contributed by atoms with Crippen molar-refractivity contribution in [1.82, 2.24) is 0 Å². The van der Waals surface area contributed by atoms with E-state index in [0.29, 0.717) is 6.54 Å². The molecule has 1 aromatic carbocycles. The van der Waals surface area contributed by atoms with Crippen LogP contribution in [0.1, 0.15) is 37.7 Å². The lowest BCUT2D eigenvalue weighted by molar-refractivity contribution is -0.384. The van der Waals surface area contributed by atoms with E-state index >= 15 is 0 Å². The number of anilines is 1. The van der Waals surface area contributed by atoms with E-state index in [1.807, 2.05) is 6.92 Å². The molecule has 1 saturated carbocycles. The number of hydrogen-bond acceptors (Lipinski definition) is 4. The van der Waals surface area contributed by atoms with Crippen LogP contribution in [-0.4, -0.2) is 22.2 Å². The molecule has 0 aliphatic heterocycles. The van der Waals surface area contributed by atoms with Crippen molar-refractivity contribution < 1.29 is 10.0 Å². The molecule has 104 valence electrons. The smallest absolute Gasteiger partial charge is 0.271 e. The average Bonchev–Trinajstić information content (AvgIpc) is 2.38. The quantitative estimate of drug-likeness (QED) is 0.647. The van der Waals surface area contributed by atoms with Crippen LogP contribution in [0.2, 0.25) is 0 Å². The highest BCUT2D eigenvalue weighted by Gasteiger charge is 2.28. The molecule has 0 radical (unpaired) electrons. The van der Waals surface area contributed by atoms with Crippen molar-refractivity contribution in [1.29, 1.82) is 0 Å². The summed E-state index contributed by atoms with van der Waals surface area (Å²) < 4.78 is 0. The van der Waals surface area contributed by atoms with E-state index in [4.69, 9.17) is 0 Å². The average molecular weight is 264 g/mol. The normalized spacial score (nSPS) is 18.0. The molecule has 0 bridgehead atoms. The first-order valence-electron chi connectivity index (χ1n) is 6.71. The molecule has 0 atom stereocenters. The van der Waals surface area contributed by atoms with Gasteiger partial charge in [-0.15, -0.1) is 0 Å². The number of benzene rings is 1. The van der Waals surface area contributed by atoms with Crippen molar-refractivity contribution in [3.63, 3.8) is 0 Å². The standard InChI is InChI=1S/C14H20N2O3/c1-11-5-6-12(16(18)19)9-13(11)15-10-14(17)7-3-2-4-8-14/h5-6,9,15,17H,2-4,7-8,10H2,1H3. The van der Waals surface area contributed by atoms with E-state index in [9.17, 15) is 15.2 Å². The van der Waals surface area contributed by atoms with Crippen LogP contribution >= 0.6 is 0 Å². The Morgan fingerprint density at radius 1 is 1.37 bits per heavy atom. The zero-order chi connectivity index (χ0) is 13.9. The van der Waals surface area contributed by atoms with E-state index in [1.54, 1.807) is 6.07 Å². The highest BCUT2D eigenvalue weighted by molar-refractivity contribution is 5.56. The molecule has 1 aromatic rings. The number of aryl methyl sites for hydroxylation is 1. The van der Waals surface area contributed by atoms with Crippen LogP contribution in [0.4, 0.5) is 11.4 Å². The van der Waals surface area contributed by atoms with Gasteiger partial charge in [0.25, 0.3) is 5.69 Å². The van der Waals surface area contributed by atoms with Gasteiger partial charge in [0.15, 0.2) is 0 Å². The molecule has 0 saturated heterocycles. The Morgan fingerprint density at radius 2 is 2.05 bits per heavy atom. The number of rotatable bonds is 4. The van der Waals surface area contributed by atoms with Crippen molar-refractivity contribution in [2.45, 2.75) is 44.6 Å². The highest BCUT2D eigenvalue weighted by atomic mass is 16.6. The van der Waals surface area contributed by atoms with Gasteiger partial charge in [0.05, 0.1) is 10.5 Å². The van der Waals surface area contributed by atoms with Gasteiger partial charge < -0.3 is 10.4 Å². The maximum atomic E-state index is 10.8. The Hall–Kier alpha value is -1.62. The van der Waals surface area contributed by atoms with Crippen LogP contribution in [0, 0.1) is 17.0 Å². The topological polar surface area (TPSA) is 75.4 Å². The van der Waals surface area contributed by atoms with Crippen LogP contribution in [0.5, 0.6) is 0 Å². The lowest BCUT2D eigenvalue weighted by atomic mass is 9.85. The maximum Gasteiger partial charge on any atom is 0.271 e. The Morgan fingerprint density at radius 3 is 2.68 bits per heavy atom. The molecule has 5 nitrogen and oxygen atoms in total. The van der Waals surface area contributed by atoms with Gasteiger partial charge in [-0.2, -0.15) is 0 Å². The fourth-order valence-electron chi connectivity index (χ4n) is 2.56. The zero-order valence-electron chi connectivity index (χ0n) is 11.2. The van der Waals surface area contributed by atoms with Crippen molar-refractivity contribution in [2.75, 3.05) is 11.9 Å². The third-order valence-corrected chi connectivity index (χ3v) is 3.82. The third-order valence-electron chi connectivity index (χ3n) is 3.82. The van der Waals surface area contributed by atoms with Gasteiger partial charge in [-0.05, 0) is 25.3 Å². The molecule has 1 aliphatic rings. The summed E-state index contributed by atoms with van der Waals surface area (Å²) in [6.07, 6.45) is 4.87. The van der Waals surface area contributed by atoms with Crippen molar-refractivity contribution in [3.05, 3.63) is 33.9 Å². The van der Waals surface area contributed by atoms with Crippen LogP contribution in [0.25, 0.3) is 0 Å². The molecular formula is C14H20N2O3. The molecule has 0 unspecified atom stereocenters. The molecule has 19 heavy (non-hydrogen) atoms. The highest BCUT2D eigenvalue weighted by Crippen LogP contribution is 2.29. The molecule has 0 aromatic heterocycles. The second-order valence-electron chi connectivity index (χ2n) is 5.39. The third kappa shape index (κ3) is 3.44. The molecule has 1 aliphatic carbocycles. The Labute approximate surface area is 112 Å². The monoisotopic (exact) mass is 264 g/mol. The summed E-state index contributed by atoms with van der Waals surface area (Å²) >= 11 is 0. The van der Waals surface area contributed by atoms with E-state index in [0.717, 1.165) is 36.9 Å². The van der Waals surface area contributed by atoms with Gasteiger partial charge in [0.2, 0.25) is 0 Å². The molecule has 0 heterocycles. The first kappa shape index (κ1) is 13.8. The minimum atomic E-state index is -0.671. The van der Waals surface area contributed by atoms with Crippen molar-refractivity contribution in [3.8, 4) is 0 Å². The van der Waals surface area contributed by atoms with Crippen LogP contribution in [0.15, 0.2) is 18.2 Å². The molecular weight excluding hydrogens is 244 g/mol. The van der Waals surface area contributed by atoms with Gasteiger partial charge >= 0.3 is 0 Å². The predicted molar refractivity (Wildman–Crippen MR) is 74.4 cm³/mol. The SMILES string of the molecule is Cc1ccc([N+](=O)[O-])cc1NCC1(O)CCCCC1. The molecule has 5 heteroatoms. The number of nitrogens with zero attached hydrogens (tertiary/aromatic N) is 1. The zero-order valence-corrected chi connectivity index (χ0v) is 11.2. The van der Waals surface area contributed by atoms with Gasteiger partial charge in [0, 0.05) is 24.4 Å². The van der Waals surface area contributed by atoms with Crippen molar-refractivity contribution >= 4 is 11.4 Å². The minimum absolute atomic E-state index is 0.0729.